The fraction of sp³-hybridized carbons (Fsp3) is 0.562. The second kappa shape index (κ2) is 5.45. The van der Waals surface area contributed by atoms with Crippen LogP contribution in [0.3, 0.4) is 0 Å². The van der Waals surface area contributed by atoms with E-state index in [0.717, 1.165) is 0 Å². The fourth-order valence-corrected chi connectivity index (χ4v) is 2.79. The highest BCUT2D eigenvalue weighted by Crippen LogP contribution is 2.44. The Kier molecular flexibility index (Phi) is 3.97. The summed E-state index contributed by atoms with van der Waals surface area (Å²) in [4.78, 5) is 12.2. The third-order valence-electron chi connectivity index (χ3n) is 4.96. The van der Waals surface area contributed by atoms with Crippen molar-refractivity contribution in [3.63, 3.8) is 0 Å². The quantitative estimate of drug-likeness (QED) is 0.586. The highest BCUT2D eigenvalue weighted by Gasteiger charge is 2.53. The van der Waals surface area contributed by atoms with Gasteiger partial charge >= 0.3 is 13.1 Å². The van der Waals surface area contributed by atoms with Gasteiger partial charge in [-0.25, -0.2) is 4.79 Å². The molecule has 1 aromatic rings. The Morgan fingerprint density at radius 2 is 1.60 bits per heavy atom. The van der Waals surface area contributed by atoms with Gasteiger partial charge in [0.05, 0.1) is 18.3 Å². The molecule has 6 nitrogen and oxygen atoms in total. The molecular weight excluding hydrogens is 321 g/mol. The summed E-state index contributed by atoms with van der Waals surface area (Å²) < 4.78 is 27.8. The number of esters is 1. The normalized spacial score (nSPS) is 22.1. The molecule has 2 aliphatic heterocycles. The van der Waals surface area contributed by atoms with Crippen LogP contribution in [0.25, 0.3) is 0 Å². The number of benzene rings is 1. The lowest BCUT2D eigenvalue weighted by Gasteiger charge is -2.32. The zero-order valence-electron chi connectivity index (χ0n) is 15.3. The van der Waals surface area contributed by atoms with Gasteiger partial charge in [-0.3, -0.25) is 0 Å². The Labute approximate surface area is 150 Å². The van der Waals surface area contributed by atoms with E-state index < -0.39 is 29.9 Å². The van der Waals surface area contributed by atoms with Crippen molar-refractivity contribution >= 4 is 34.2 Å². The summed E-state index contributed by atoms with van der Waals surface area (Å²) >= 11 is 0. The van der Waals surface area contributed by atoms with Crippen molar-refractivity contribution in [1.82, 2.24) is 0 Å². The molecule has 0 aliphatic carbocycles. The zero-order valence-corrected chi connectivity index (χ0v) is 15.3. The number of fused-ring (bicyclic) bond motifs is 1. The molecule has 0 aromatic heterocycles. The SMILES string of the molecule is [B]C1([B])Oc2c(C(=O)OC)cc(B3OC(C)(C)C(C)(C)O3)c(C)c2O1. The molecule has 0 bridgehead atoms. The number of hydrogen-bond donors (Lipinski definition) is 0. The lowest BCUT2D eigenvalue weighted by atomic mass is 9.75. The fourth-order valence-electron chi connectivity index (χ4n) is 2.79. The minimum atomic E-state index is -1.86. The maximum Gasteiger partial charge on any atom is 0.495 e. The van der Waals surface area contributed by atoms with Gasteiger partial charge in [0.1, 0.15) is 5.56 Å². The van der Waals surface area contributed by atoms with Crippen molar-refractivity contribution in [3.05, 3.63) is 17.2 Å². The molecule has 3 rings (SSSR count). The first kappa shape index (κ1) is 18.2. The highest BCUT2D eigenvalue weighted by atomic mass is 16.7. The number of ether oxygens (including phenoxy) is 3. The molecule has 0 spiro atoms. The molecule has 25 heavy (non-hydrogen) atoms. The van der Waals surface area contributed by atoms with Crippen molar-refractivity contribution < 1.29 is 28.3 Å². The van der Waals surface area contributed by atoms with Crippen LogP contribution < -0.4 is 14.9 Å². The second-order valence-electron chi connectivity index (χ2n) is 7.30. The van der Waals surface area contributed by atoms with E-state index in [4.69, 9.17) is 39.2 Å². The van der Waals surface area contributed by atoms with Crippen LogP contribution in [0.4, 0.5) is 0 Å². The average molecular weight is 340 g/mol. The predicted molar refractivity (Wildman–Crippen MR) is 93.7 cm³/mol. The van der Waals surface area contributed by atoms with E-state index in [1.165, 1.54) is 7.11 Å². The highest BCUT2D eigenvalue weighted by molar-refractivity contribution is 6.63. The summed E-state index contributed by atoms with van der Waals surface area (Å²) in [6.07, 6.45) is 0. The van der Waals surface area contributed by atoms with Gasteiger partial charge in [0.15, 0.2) is 32.8 Å². The van der Waals surface area contributed by atoms with E-state index in [9.17, 15) is 4.79 Å². The minimum Gasteiger partial charge on any atom is -0.468 e. The summed E-state index contributed by atoms with van der Waals surface area (Å²) in [7, 11) is 12.0. The van der Waals surface area contributed by atoms with E-state index >= 15 is 0 Å². The van der Waals surface area contributed by atoms with E-state index in [1.54, 1.807) is 13.0 Å². The molecular formula is C16H19B3O6. The van der Waals surface area contributed by atoms with Gasteiger partial charge in [-0.15, -0.1) is 0 Å². The van der Waals surface area contributed by atoms with Crippen LogP contribution in [-0.4, -0.2) is 52.7 Å². The molecule has 1 aromatic carbocycles. The van der Waals surface area contributed by atoms with E-state index in [2.05, 4.69) is 0 Å². The molecule has 1 fully saturated rings. The molecule has 4 radical (unpaired) electrons. The van der Waals surface area contributed by atoms with Gasteiger partial charge in [0.25, 0.3) is 0 Å². The third-order valence-corrected chi connectivity index (χ3v) is 4.96. The van der Waals surface area contributed by atoms with Crippen molar-refractivity contribution in [2.24, 2.45) is 0 Å². The second-order valence-corrected chi connectivity index (χ2v) is 7.30. The maximum absolute atomic E-state index is 12.2. The Bertz CT molecular complexity index is 728. The molecule has 0 N–H and O–H groups in total. The number of rotatable bonds is 2. The lowest BCUT2D eigenvalue weighted by molar-refractivity contribution is 0.00578. The van der Waals surface area contributed by atoms with Crippen LogP contribution in [-0.2, 0) is 14.0 Å². The van der Waals surface area contributed by atoms with Gasteiger partial charge in [-0.2, -0.15) is 0 Å². The van der Waals surface area contributed by atoms with Crippen molar-refractivity contribution in [3.8, 4) is 11.5 Å². The van der Waals surface area contributed by atoms with Gasteiger partial charge in [-0.05, 0) is 51.7 Å². The molecule has 0 saturated carbocycles. The molecule has 0 amide bonds. The zero-order chi connectivity index (χ0) is 18.8. The van der Waals surface area contributed by atoms with Gasteiger partial charge in [-0.1, -0.05) is 0 Å². The molecule has 0 unspecified atom stereocenters. The van der Waals surface area contributed by atoms with Crippen LogP contribution in [0.15, 0.2) is 6.07 Å². The summed E-state index contributed by atoms with van der Waals surface area (Å²) in [6, 6.07) is 1.60. The third kappa shape index (κ3) is 2.83. The Hall–Kier alpha value is -1.60. The number of methoxy groups -OCH3 is 1. The summed E-state index contributed by atoms with van der Waals surface area (Å²) in [5.74, 6) is -0.178. The van der Waals surface area contributed by atoms with Gasteiger partial charge < -0.3 is 23.5 Å². The topological polar surface area (TPSA) is 63.2 Å². The largest absolute Gasteiger partial charge is 0.495 e. The predicted octanol–water partition coefficient (Wildman–Crippen LogP) is 0.800. The lowest BCUT2D eigenvalue weighted by Crippen LogP contribution is -2.41. The molecule has 0 atom stereocenters. The maximum atomic E-state index is 12.2. The van der Waals surface area contributed by atoms with Crippen LogP contribution in [0.1, 0.15) is 43.6 Å². The van der Waals surface area contributed by atoms with E-state index in [0.29, 0.717) is 11.0 Å². The number of carbonyl (C=O) groups excluding carboxylic acids is 1. The monoisotopic (exact) mass is 340 g/mol. The number of hydrogen-bond acceptors (Lipinski definition) is 6. The molecule has 1 saturated heterocycles. The Morgan fingerprint density at radius 1 is 1.08 bits per heavy atom. The minimum absolute atomic E-state index is 0.144. The van der Waals surface area contributed by atoms with Crippen LogP contribution >= 0.6 is 0 Å². The molecule has 9 heteroatoms. The molecule has 128 valence electrons. The van der Waals surface area contributed by atoms with Crippen LogP contribution in [0, 0.1) is 6.92 Å². The van der Waals surface area contributed by atoms with Gasteiger partial charge in [0, 0.05) is 0 Å². The van der Waals surface area contributed by atoms with Crippen LogP contribution in [0.2, 0.25) is 0 Å². The first-order valence-corrected chi connectivity index (χ1v) is 7.96. The average Bonchev–Trinajstić information content (AvgIpc) is 2.91. The first-order chi connectivity index (χ1) is 11.4. The van der Waals surface area contributed by atoms with Crippen LogP contribution in [0.5, 0.6) is 11.5 Å². The first-order valence-electron chi connectivity index (χ1n) is 7.96. The standard InChI is InChI=1S/C16H19B3O6/c1-8-10(19-24-14(2,3)15(4,5)25-19)7-9(13(20)21-6)12-11(8)22-16(17,18)23-12/h7H,1-6H3. The van der Waals surface area contributed by atoms with E-state index in [-0.39, 0.29) is 17.1 Å². The Morgan fingerprint density at radius 3 is 2.12 bits per heavy atom. The summed E-state index contributed by atoms with van der Waals surface area (Å²) in [6.45, 7) is 9.58. The molecule has 2 aliphatic rings. The van der Waals surface area contributed by atoms with Crippen molar-refractivity contribution in [2.45, 2.75) is 51.4 Å². The van der Waals surface area contributed by atoms with Crippen molar-refractivity contribution in [1.29, 1.82) is 0 Å². The van der Waals surface area contributed by atoms with E-state index in [1.807, 2.05) is 27.7 Å². The van der Waals surface area contributed by atoms with Crippen molar-refractivity contribution in [2.75, 3.05) is 7.11 Å². The smallest absolute Gasteiger partial charge is 0.468 e. The number of carbonyl (C=O) groups is 1. The van der Waals surface area contributed by atoms with Gasteiger partial charge in [0.2, 0.25) is 0 Å². The Balaban J connectivity index is 2.13. The summed E-state index contributed by atoms with van der Waals surface area (Å²) in [5.41, 5.74) is -1.48. The molecule has 2 heterocycles. The summed E-state index contributed by atoms with van der Waals surface area (Å²) in [5, 5.41) is 0.